The topological polar surface area (TPSA) is 20.3 Å². The van der Waals surface area contributed by atoms with Crippen LogP contribution in [-0.2, 0) is 4.79 Å². The van der Waals surface area contributed by atoms with E-state index in [0.29, 0.717) is 17.5 Å². The van der Waals surface area contributed by atoms with Crippen LogP contribution in [0.15, 0.2) is 0 Å². The summed E-state index contributed by atoms with van der Waals surface area (Å²) in [4.78, 5) is 13.4. The molecule has 1 aliphatic rings. The minimum Gasteiger partial charge on any atom is -0.303 e. The molecule has 0 saturated carbocycles. The summed E-state index contributed by atoms with van der Waals surface area (Å²) in [5.74, 6) is 0.288. The first-order valence-electron chi connectivity index (χ1n) is 6.54. The van der Waals surface area contributed by atoms with Crippen LogP contribution in [0.2, 0.25) is 0 Å². The zero-order valence-electron chi connectivity index (χ0n) is 11.5. The Bertz CT molecular complexity index is 219. The second kappa shape index (κ2) is 5.31. The normalized spacial score (nSPS) is 32.7. The summed E-state index contributed by atoms with van der Waals surface area (Å²) < 4.78 is 0. The molecule has 94 valence electrons. The van der Waals surface area contributed by atoms with Gasteiger partial charge in [0.15, 0.2) is 0 Å². The fourth-order valence-corrected chi connectivity index (χ4v) is 2.69. The molecule has 1 aliphatic heterocycles. The Morgan fingerprint density at radius 3 is 2.06 bits per heavy atom. The molecule has 2 heteroatoms. The monoisotopic (exact) mass is 225 g/mol. The molecule has 2 nitrogen and oxygen atoms in total. The van der Waals surface area contributed by atoms with E-state index in [1.54, 1.807) is 0 Å². The number of hydrogen-bond acceptors (Lipinski definition) is 2. The van der Waals surface area contributed by atoms with Crippen LogP contribution in [0.4, 0.5) is 0 Å². The van der Waals surface area contributed by atoms with E-state index in [1.165, 1.54) is 6.42 Å². The van der Waals surface area contributed by atoms with Crippen molar-refractivity contribution >= 4 is 6.29 Å². The van der Waals surface area contributed by atoms with Crippen LogP contribution in [0, 0.1) is 11.3 Å². The van der Waals surface area contributed by atoms with E-state index in [0.717, 1.165) is 25.7 Å². The number of nitrogens with zero attached hydrogens (tertiary/aromatic N) is 1. The lowest BCUT2D eigenvalue weighted by Crippen LogP contribution is -2.47. The third-order valence-corrected chi connectivity index (χ3v) is 3.73. The predicted molar refractivity (Wildman–Crippen MR) is 68.5 cm³/mol. The van der Waals surface area contributed by atoms with Crippen LogP contribution in [-0.4, -0.2) is 29.8 Å². The number of piperidine rings is 1. The largest absolute Gasteiger partial charge is 0.303 e. The van der Waals surface area contributed by atoms with Crippen molar-refractivity contribution < 1.29 is 4.79 Å². The molecule has 0 amide bonds. The van der Waals surface area contributed by atoms with E-state index in [4.69, 9.17) is 0 Å². The molecule has 1 fully saturated rings. The average Bonchev–Trinajstić information content (AvgIpc) is 2.14. The average molecular weight is 225 g/mol. The maximum Gasteiger partial charge on any atom is 0.123 e. The first kappa shape index (κ1) is 13.7. The Morgan fingerprint density at radius 1 is 1.19 bits per heavy atom. The third-order valence-electron chi connectivity index (χ3n) is 3.73. The van der Waals surface area contributed by atoms with E-state index >= 15 is 0 Å². The van der Waals surface area contributed by atoms with Crippen LogP contribution >= 0.6 is 0 Å². The number of aldehydes is 1. The summed E-state index contributed by atoms with van der Waals surface area (Å²) in [6.45, 7) is 12.6. The van der Waals surface area contributed by atoms with Crippen LogP contribution in [0.1, 0.15) is 53.9 Å². The molecule has 2 atom stereocenters. The molecule has 0 aromatic carbocycles. The van der Waals surface area contributed by atoms with Crippen LogP contribution in [0.3, 0.4) is 0 Å². The second-order valence-corrected chi connectivity index (χ2v) is 6.61. The minimum atomic E-state index is 0.288. The van der Waals surface area contributed by atoms with E-state index in [2.05, 4.69) is 39.5 Å². The zero-order chi connectivity index (χ0) is 12.3. The SMILES string of the molecule is CC1CC(C=O)CC(C)N1CCC(C)(C)C. The molecule has 0 aromatic heterocycles. The highest BCUT2D eigenvalue weighted by Gasteiger charge is 2.30. The number of rotatable bonds is 3. The van der Waals surface area contributed by atoms with Gasteiger partial charge in [-0.3, -0.25) is 4.90 Å². The molecule has 0 aliphatic carbocycles. The maximum absolute atomic E-state index is 10.9. The molecule has 0 aromatic rings. The summed E-state index contributed by atoms with van der Waals surface area (Å²) in [5, 5.41) is 0. The first-order chi connectivity index (χ1) is 7.33. The fraction of sp³-hybridized carbons (Fsp3) is 0.929. The van der Waals surface area contributed by atoms with Gasteiger partial charge in [0.05, 0.1) is 0 Å². The molecular weight excluding hydrogens is 198 g/mol. The van der Waals surface area contributed by atoms with Crippen molar-refractivity contribution in [2.45, 2.75) is 66.0 Å². The van der Waals surface area contributed by atoms with Crippen LogP contribution in [0.25, 0.3) is 0 Å². The van der Waals surface area contributed by atoms with E-state index in [-0.39, 0.29) is 5.92 Å². The van der Waals surface area contributed by atoms with E-state index in [9.17, 15) is 4.79 Å². The zero-order valence-corrected chi connectivity index (χ0v) is 11.5. The van der Waals surface area contributed by atoms with Gasteiger partial charge in [0, 0.05) is 18.0 Å². The highest BCUT2D eigenvalue weighted by molar-refractivity contribution is 5.53. The molecule has 1 saturated heterocycles. The molecular formula is C14H27NO. The standard InChI is InChI=1S/C14H27NO/c1-11-8-13(10-16)9-12(2)15(11)7-6-14(3,4)5/h10-13H,6-9H2,1-5H3. The third kappa shape index (κ3) is 3.89. The number of carbonyl (C=O) groups is 1. The van der Waals surface area contributed by atoms with Gasteiger partial charge in [0.25, 0.3) is 0 Å². The van der Waals surface area contributed by atoms with Crippen molar-refractivity contribution in [2.24, 2.45) is 11.3 Å². The Balaban J connectivity index is 2.50. The van der Waals surface area contributed by atoms with Gasteiger partial charge in [-0.05, 0) is 45.1 Å². The predicted octanol–water partition coefficient (Wildman–Crippen LogP) is 3.11. The van der Waals surface area contributed by atoms with Crippen molar-refractivity contribution in [3.63, 3.8) is 0 Å². The van der Waals surface area contributed by atoms with E-state index < -0.39 is 0 Å². The molecule has 16 heavy (non-hydrogen) atoms. The lowest BCUT2D eigenvalue weighted by Gasteiger charge is -2.42. The van der Waals surface area contributed by atoms with Crippen molar-refractivity contribution in [1.29, 1.82) is 0 Å². The van der Waals surface area contributed by atoms with Gasteiger partial charge in [-0.25, -0.2) is 0 Å². The van der Waals surface area contributed by atoms with Gasteiger partial charge >= 0.3 is 0 Å². The van der Waals surface area contributed by atoms with Gasteiger partial charge < -0.3 is 4.79 Å². The molecule has 0 N–H and O–H groups in total. The molecule has 0 radical (unpaired) electrons. The Kier molecular flexibility index (Phi) is 4.54. The lowest BCUT2D eigenvalue weighted by molar-refractivity contribution is -0.113. The number of hydrogen-bond donors (Lipinski definition) is 0. The highest BCUT2D eigenvalue weighted by Crippen LogP contribution is 2.28. The lowest BCUT2D eigenvalue weighted by atomic mass is 9.86. The van der Waals surface area contributed by atoms with Gasteiger partial charge in [-0.1, -0.05) is 20.8 Å². The Morgan fingerprint density at radius 2 is 1.69 bits per heavy atom. The van der Waals surface area contributed by atoms with Crippen molar-refractivity contribution in [1.82, 2.24) is 4.90 Å². The first-order valence-corrected chi connectivity index (χ1v) is 6.54. The maximum atomic E-state index is 10.9. The van der Waals surface area contributed by atoms with Gasteiger partial charge in [-0.15, -0.1) is 0 Å². The molecule has 0 spiro atoms. The Labute approximate surface area is 100 Å². The summed E-state index contributed by atoms with van der Waals surface area (Å²) in [6.07, 6.45) is 4.46. The fourth-order valence-electron chi connectivity index (χ4n) is 2.69. The van der Waals surface area contributed by atoms with Crippen molar-refractivity contribution in [3.8, 4) is 0 Å². The quantitative estimate of drug-likeness (QED) is 0.688. The molecule has 0 bridgehead atoms. The summed E-state index contributed by atoms with van der Waals surface area (Å²) in [5.41, 5.74) is 0.404. The Hall–Kier alpha value is -0.370. The second-order valence-electron chi connectivity index (χ2n) is 6.61. The minimum absolute atomic E-state index is 0.288. The molecule has 1 rings (SSSR count). The van der Waals surface area contributed by atoms with Gasteiger partial charge in [0.1, 0.15) is 6.29 Å². The molecule has 1 heterocycles. The highest BCUT2D eigenvalue weighted by atomic mass is 16.1. The number of likely N-dealkylation sites (tertiary alicyclic amines) is 1. The summed E-state index contributed by atoms with van der Waals surface area (Å²) >= 11 is 0. The summed E-state index contributed by atoms with van der Waals surface area (Å²) in [6, 6.07) is 1.11. The summed E-state index contributed by atoms with van der Waals surface area (Å²) in [7, 11) is 0. The molecule has 2 unspecified atom stereocenters. The van der Waals surface area contributed by atoms with Crippen LogP contribution in [0.5, 0.6) is 0 Å². The van der Waals surface area contributed by atoms with E-state index in [1.807, 2.05) is 0 Å². The van der Waals surface area contributed by atoms with Crippen LogP contribution < -0.4 is 0 Å². The van der Waals surface area contributed by atoms with Gasteiger partial charge in [0.2, 0.25) is 0 Å². The smallest absolute Gasteiger partial charge is 0.123 e. The van der Waals surface area contributed by atoms with Crippen molar-refractivity contribution in [3.05, 3.63) is 0 Å². The number of carbonyl (C=O) groups excluding carboxylic acids is 1. The van der Waals surface area contributed by atoms with Gasteiger partial charge in [-0.2, -0.15) is 0 Å². The van der Waals surface area contributed by atoms with Crippen molar-refractivity contribution in [2.75, 3.05) is 6.54 Å².